The van der Waals surface area contributed by atoms with Gasteiger partial charge >= 0.3 is 5.97 Å². The molecule has 0 aliphatic carbocycles. The molecular weight excluding hydrogens is 236 g/mol. The van der Waals surface area contributed by atoms with E-state index in [1.807, 2.05) is 25.1 Å². The van der Waals surface area contributed by atoms with E-state index in [-0.39, 0.29) is 24.8 Å². The third-order valence-corrected chi connectivity index (χ3v) is 2.55. The number of rotatable bonds is 7. The molecule has 0 aromatic carbocycles. The molecule has 100 valence electrons. The van der Waals surface area contributed by atoms with Crippen molar-refractivity contribution >= 4 is 11.9 Å². The van der Waals surface area contributed by atoms with Crippen LogP contribution in [0.5, 0.6) is 0 Å². The standard InChI is InChI=1S/C12H18N2O4/c1-14(2)9(10-4-3-7-18-10)8-13-11(15)5-6-12(16)17/h3-4,7,9H,5-6,8H2,1-2H3,(H,13,15)(H,16,17). The number of hydrogen-bond acceptors (Lipinski definition) is 4. The lowest BCUT2D eigenvalue weighted by atomic mass is 10.2. The van der Waals surface area contributed by atoms with Crippen molar-refractivity contribution < 1.29 is 19.1 Å². The van der Waals surface area contributed by atoms with E-state index in [2.05, 4.69) is 5.32 Å². The van der Waals surface area contributed by atoms with Crippen molar-refractivity contribution in [2.75, 3.05) is 20.6 Å². The highest BCUT2D eigenvalue weighted by Crippen LogP contribution is 2.17. The molecule has 1 heterocycles. The molecule has 1 unspecified atom stereocenters. The maximum Gasteiger partial charge on any atom is 0.303 e. The number of carboxylic acid groups (broad SMARTS) is 1. The first kappa shape index (κ1) is 14.2. The van der Waals surface area contributed by atoms with Crippen molar-refractivity contribution in [3.05, 3.63) is 24.2 Å². The molecule has 0 saturated heterocycles. The summed E-state index contributed by atoms with van der Waals surface area (Å²) < 4.78 is 5.30. The number of carbonyl (C=O) groups is 2. The molecule has 0 aliphatic heterocycles. The number of nitrogens with zero attached hydrogens (tertiary/aromatic N) is 1. The van der Waals surface area contributed by atoms with Gasteiger partial charge in [0, 0.05) is 13.0 Å². The Morgan fingerprint density at radius 2 is 2.17 bits per heavy atom. The highest BCUT2D eigenvalue weighted by atomic mass is 16.4. The Morgan fingerprint density at radius 3 is 2.67 bits per heavy atom. The van der Waals surface area contributed by atoms with Gasteiger partial charge in [0.15, 0.2) is 0 Å². The van der Waals surface area contributed by atoms with Gasteiger partial charge in [-0.1, -0.05) is 0 Å². The van der Waals surface area contributed by atoms with Gasteiger partial charge in [0.2, 0.25) is 5.91 Å². The number of furan rings is 1. The summed E-state index contributed by atoms with van der Waals surface area (Å²) in [6.45, 7) is 0.388. The lowest BCUT2D eigenvalue weighted by molar-refractivity contribution is -0.138. The van der Waals surface area contributed by atoms with E-state index in [0.717, 1.165) is 5.76 Å². The Hall–Kier alpha value is -1.82. The molecule has 0 spiro atoms. The zero-order valence-corrected chi connectivity index (χ0v) is 10.5. The van der Waals surface area contributed by atoms with Crippen LogP contribution in [0.2, 0.25) is 0 Å². The highest BCUT2D eigenvalue weighted by Gasteiger charge is 2.17. The molecule has 1 amide bonds. The monoisotopic (exact) mass is 254 g/mol. The highest BCUT2D eigenvalue weighted by molar-refractivity contribution is 5.80. The number of nitrogens with one attached hydrogen (secondary N) is 1. The maximum atomic E-state index is 11.4. The van der Waals surface area contributed by atoms with Crippen LogP contribution in [0.15, 0.2) is 22.8 Å². The van der Waals surface area contributed by atoms with E-state index in [1.54, 1.807) is 12.3 Å². The van der Waals surface area contributed by atoms with Crippen LogP contribution in [0.3, 0.4) is 0 Å². The topological polar surface area (TPSA) is 82.8 Å². The first-order valence-corrected chi connectivity index (χ1v) is 5.69. The number of carboxylic acids is 1. The summed E-state index contributed by atoms with van der Waals surface area (Å²) in [7, 11) is 3.77. The first-order valence-electron chi connectivity index (χ1n) is 5.69. The fourth-order valence-electron chi connectivity index (χ4n) is 1.54. The van der Waals surface area contributed by atoms with Crippen LogP contribution in [-0.2, 0) is 9.59 Å². The third-order valence-electron chi connectivity index (χ3n) is 2.55. The van der Waals surface area contributed by atoms with Crippen LogP contribution >= 0.6 is 0 Å². The summed E-state index contributed by atoms with van der Waals surface area (Å²) in [5, 5.41) is 11.2. The van der Waals surface area contributed by atoms with Gasteiger partial charge in [-0.3, -0.25) is 14.5 Å². The molecule has 6 heteroatoms. The minimum atomic E-state index is -0.972. The van der Waals surface area contributed by atoms with Crippen molar-refractivity contribution in [2.45, 2.75) is 18.9 Å². The SMILES string of the molecule is CN(C)C(CNC(=O)CCC(=O)O)c1ccco1. The summed E-state index contributed by atoms with van der Waals surface area (Å²) in [4.78, 5) is 23.7. The molecule has 0 fully saturated rings. The van der Waals surface area contributed by atoms with Gasteiger partial charge in [-0.2, -0.15) is 0 Å². The van der Waals surface area contributed by atoms with E-state index in [1.165, 1.54) is 0 Å². The van der Waals surface area contributed by atoms with Gasteiger partial charge in [0.25, 0.3) is 0 Å². The van der Waals surface area contributed by atoms with E-state index in [0.29, 0.717) is 6.54 Å². The van der Waals surface area contributed by atoms with Gasteiger partial charge in [-0.15, -0.1) is 0 Å². The van der Waals surface area contributed by atoms with Crippen molar-refractivity contribution in [2.24, 2.45) is 0 Å². The minimum Gasteiger partial charge on any atom is -0.481 e. The zero-order valence-electron chi connectivity index (χ0n) is 10.5. The minimum absolute atomic E-state index is 0.00631. The van der Waals surface area contributed by atoms with Crippen LogP contribution in [-0.4, -0.2) is 42.5 Å². The lowest BCUT2D eigenvalue weighted by Crippen LogP contribution is -2.34. The number of aliphatic carboxylic acids is 1. The molecule has 2 N–H and O–H groups in total. The smallest absolute Gasteiger partial charge is 0.303 e. The van der Waals surface area contributed by atoms with Crippen molar-refractivity contribution in [1.29, 1.82) is 0 Å². The first-order chi connectivity index (χ1) is 8.50. The largest absolute Gasteiger partial charge is 0.481 e. The van der Waals surface area contributed by atoms with Crippen LogP contribution in [0, 0.1) is 0 Å². The van der Waals surface area contributed by atoms with E-state index in [9.17, 15) is 9.59 Å². The molecule has 1 rings (SSSR count). The third kappa shape index (κ3) is 4.58. The van der Waals surface area contributed by atoms with Crippen LogP contribution in [0.25, 0.3) is 0 Å². The Kier molecular flexibility index (Phi) is 5.38. The summed E-state index contributed by atoms with van der Waals surface area (Å²) in [6, 6.07) is 3.57. The second kappa shape index (κ2) is 6.80. The van der Waals surface area contributed by atoms with Crippen molar-refractivity contribution in [3.8, 4) is 0 Å². The molecule has 1 atom stereocenters. The summed E-state index contributed by atoms with van der Waals surface area (Å²) in [6.07, 6.45) is 1.42. The maximum absolute atomic E-state index is 11.4. The van der Waals surface area contributed by atoms with Crippen molar-refractivity contribution in [3.63, 3.8) is 0 Å². The Morgan fingerprint density at radius 1 is 1.44 bits per heavy atom. The normalized spacial score (nSPS) is 12.4. The molecular formula is C12H18N2O4. The van der Waals surface area contributed by atoms with E-state index in [4.69, 9.17) is 9.52 Å². The lowest BCUT2D eigenvalue weighted by Gasteiger charge is -2.22. The van der Waals surface area contributed by atoms with E-state index >= 15 is 0 Å². The molecule has 1 aromatic heterocycles. The molecule has 18 heavy (non-hydrogen) atoms. The number of hydrogen-bond donors (Lipinski definition) is 2. The molecule has 1 aromatic rings. The summed E-state index contributed by atoms with van der Waals surface area (Å²) >= 11 is 0. The summed E-state index contributed by atoms with van der Waals surface area (Å²) in [5.74, 6) is -0.477. The van der Waals surface area contributed by atoms with Crippen LogP contribution in [0.1, 0.15) is 24.6 Å². The Labute approximate surface area is 106 Å². The zero-order chi connectivity index (χ0) is 13.5. The molecule has 0 bridgehead atoms. The average molecular weight is 254 g/mol. The van der Waals surface area contributed by atoms with Gasteiger partial charge in [0.05, 0.1) is 18.7 Å². The van der Waals surface area contributed by atoms with Gasteiger partial charge in [-0.05, 0) is 26.2 Å². The summed E-state index contributed by atoms with van der Waals surface area (Å²) in [5.41, 5.74) is 0. The Balaban J connectivity index is 2.44. The second-order valence-corrected chi connectivity index (χ2v) is 4.19. The van der Waals surface area contributed by atoms with Gasteiger partial charge in [-0.25, -0.2) is 0 Å². The number of carbonyl (C=O) groups excluding carboxylic acids is 1. The molecule has 0 radical (unpaired) electrons. The number of amides is 1. The molecule has 6 nitrogen and oxygen atoms in total. The number of likely N-dealkylation sites (N-methyl/N-ethyl adjacent to an activating group) is 1. The van der Waals surface area contributed by atoms with Gasteiger partial charge < -0.3 is 14.8 Å². The second-order valence-electron chi connectivity index (χ2n) is 4.19. The average Bonchev–Trinajstić information content (AvgIpc) is 2.79. The fourth-order valence-corrected chi connectivity index (χ4v) is 1.54. The van der Waals surface area contributed by atoms with Crippen LogP contribution in [0.4, 0.5) is 0 Å². The van der Waals surface area contributed by atoms with Crippen molar-refractivity contribution in [1.82, 2.24) is 10.2 Å². The predicted octanol–water partition coefficient (Wildman–Crippen LogP) is 0.863. The molecule has 0 saturated carbocycles. The van der Waals surface area contributed by atoms with Crippen LogP contribution < -0.4 is 5.32 Å². The molecule has 0 aliphatic rings. The quantitative estimate of drug-likeness (QED) is 0.754. The van der Waals surface area contributed by atoms with E-state index < -0.39 is 5.97 Å². The predicted molar refractivity (Wildman–Crippen MR) is 65.0 cm³/mol. The fraction of sp³-hybridized carbons (Fsp3) is 0.500. The van der Waals surface area contributed by atoms with Gasteiger partial charge in [0.1, 0.15) is 5.76 Å². The Bertz CT molecular complexity index is 387.